The van der Waals surface area contributed by atoms with Gasteiger partial charge in [0.1, 0.15) is 11.0 Å². The van der Waals surface area contributed by atoms with Crippen LogP contribution in [0.4, 0.5) is 0 Å². The smallest absolute Gasteiger partial charge is 0.337 e. The van der Waals surface area contributed by atoms with E-state index < -0.39 is 5.97 Å². The van der Waals surface area contributed by atoms with Crippen LogP contribution in [0, 0.1) is 0 Å². The number of carboxylic acid groups (broad SMARTS) is 1. The fourth-order valence-electron chi connectivity index (χ4n) is 2.41. The van der Waals surface area contributed by atoms with Gasteiger partial charge in [-0.05, 0) is 31.2 Å². The highest BCUT2D eigenvalue weighted by molar-refractivity contribution is 8.00. The first-order chi connectivity index (χ1) is 9.56. The van der Waals surface area contributed by atoms with E-state index >= 15 is 0 Å². The molecule has 1 N–H and O–H groups in total. The Labute approximate surface area is 122 Å². The van der Waals surface area contributed by atoms with Crippen LogP contribution in [0.3, 0.4) is 0 Å². The summed E-state index contributed by atoms with van der Waals surface area (Å²) >= 11 is 1.80. The minimum absolute atomic E-state index is 0.0618. The first kappa shape index (κ1) is 14.8. The van der Waals surface area contributed by atoms with E-state index in [1.807, 2.05) is 0 Å². The van der Waals surface area contributed by atoms with Gasteiger partial charge in [-0.2, -0.15) is 11.8 Å². The molecular weight excluding hydrogens is 274 g/mol. The molecule has 0 aliphatic rings. The minimum Gasteiger partial charge on any atom is -0.478 e. The highest BCUT2D eigenvalue weighted by Gasteiger charge is 2.27. The number of aromatic carboxylic acids is 1. The van der Waals surface area contributed by atoms with Gasteiger partial charge in [0.25, 0.3) is 0 Å². The Morgan fingerprint density at radius 2 is 2.10 bits per heavy atom. The average Bonchev–Trinajstić information content (AvgIpc) is 2.87. The van der Waals surface area contributed by atoms with Gasteiger partial charge in [-0.25, -0.2) is 9.48 Å². The number of fused-ring (bicyclic) bond motifs is 1. The maximum absolute atomic E-state index is 11.4. The second-order valence-corrected chi connectivity index (χ2v) is 6.09. The summed E-state index contributed by atoms with van der Waals surface area (Å²) in [6.45, 7) is 4.97. The van der Waals surface area contributed by atoms with Crippen molar-refractivity contribution in [2.75, 3.05) is 6.26 Å². The Kier molecular flexibility index (Phi) is 4.32. The second kappa shape index (κ2) is 5.83. The summed E-state index contributed by atoms with van der Waals surface area (Å²) < 4.78 is 1.80. The summed E-state index contributed by atoms with van der Waals surface area (Å²) in [5.41, 5.74) is 1.50. The molecular formula is C14H19N3O2S. The number of rotatable bonds is 6. The van der Waals surface area contributed by atoms with E-state index in [1.165, 1.54) is 0 Å². The van der Waals surface area contributed by atoms with Crippen molar-refractivity contribution in [1.82, 2.24) is 15.0 Å². The fourth-order valence-corrected chi connectivity index (χ4v) is 3.24. The van der Waals surface area contributed by atoms with Gasteiger partial charge in [0, 0.05) is 4.75 Å². The third-order valence-corrected chi connectivity index (χ3v) is 5.50. The zero-order chi connectivity index (χ0) is 14.8. The number of thioether (sulfide) groups is 1. The first-order valence-corrected chi connectivity index (χ1v) is 7.90. The van der Waals surface area contributed by atoms with E-state index in [9.17, 15) is 9.90 Å². The van der Waals surface area contributed by atoms with Gasteiger partial charge < -0.3 is 5.11 Å². The molecule has 0 radical (unpaired) electrons. The van der Waals surface area contributed by atoms with Gasteiger partial charge in [-0.1, -0.05) is 25.1 Å². The molecule has 20 heavy (non-hydrogen) atoms. The summed E-state index contributed by atoms with van der Waals surface area (Å²) in [4.78, 5) is 11.4. The molecule has 0 saturated carbocycles. The lowest BCUT2D eigenvalue weighted by atomic mass is 10.0. The van der Waals surface area contributed by atoms with Gasteiger partial charge in [-0.3, -0.25) is 0 Å². The van der Waals surface area contributed by atoms with E-state index in [1.54, 1.807) is 34.6 Å². The lowest BCUT2D eigenvalue weighted by Gasteiger charge is -2.29. The Morgan fingerprint density at radius 1 is 1.40 bits per heavy atom. The van der Waals surface area contributed by atoms with Crippen LogP contribution in [-0.4, -0.2) is 37.1 Å². The van der Waals surface area contributed by atoms with E-state index in [-0.39, 0.29) is 10.3 Å². The average molecular weight is 293 g/mol. The highest BCUT2D eigenvalue weighted by atomic mass is 32.2. The zero-order valence-electron chi connectivity index (χ0n) is 12.0. The topological polar surface area (TPSA) is 68.0 Å². The number of nitrogens with zero attached hydrogens (tertiary/aromatic N) is 3. The molecule has 0 spiro atoms. The standard InChI is InChI=1S/C14H19N3O2S/c1-4-14(5-2,20-3)9-17-12-10(13(18)19)7-6-8-11(12)15-16-17/h6-8H,4-5,9H2,1-3H3,(H,18,19). The number of hydrogen-bond donors (Lipinski definition) is 1. The van der Waals surface area contributed by atoms with Crippen molar-refractivity contribution in [2.24, 2.45) is 0 Å². The van der Waals surface area contributed by atoms with Crippen molar-refractivity contribution in [3.8, 4) is 0 Å². The monoisotopic (exact) mass is 293 g/mol. The molecule has 0 aliphatic heterocycles. The molecule has 0 atom stereocenters. The van der Waals surface area contributed by atoms with E-state index in [2.05, 4.69) is 30.4 Å². The minimum atomic E-state index is -0.943. The number of benzene rings is 1. The number of aromatic nitrogens is 3. The van der Waals surface area contributed by atoms with Crippen molar-refractivity contribution in [1.29, 1.82) is 0 Å². The maximum Gasteiger partial charge on any atom is 0.337 e. The summed E-state index contributed by atoms with van der Waals surface area (Å²) in [5.74, 6) is -0.943. The molecule has 0 unspecified atom stereocenters. The SMILES string of the molecule is CCC(CC)(Cn1nnc2cccc(C(=O)O)c21)SC. The lowest BCUT2D eigenvalue weighted by Crippen LogP contribution is -2.29. The van der Waals surface area contributed by atoms with Crippen LogP contribution in [-0.2, 0) is 6.54 Å². The number of para-hydroxylation sites is 1. The van der Waals surface area contributed by atoms with Crippen LogP contribution >= 0.6 is 11.8 Å². The molecule has 108 valence electrons. The molecule has 0 bridgehead atoms. The van der Waals surface area contributed by atoms with Gasteiger partial charge in [0.15, 0.2) is 0 Å². The molecule has 1 aromatic heterocycles. The predicted octanol–water partition coefficient (Wildman–Crippen LogP) is 3.05. The summed E-state index contributed by atoms with van der Waals surface area (Å²) in [6.07, 6.45) is 4.09. The van der Waals surface area contributed by atoms with Crippen LogP contribution in [0.25, 0.3) is 11.0 Å². The molecule has 1 heterocycles. The van der Waals surface area contributed by atoms with Gasteiger partial charge in [0.05, 0.1) is 12.1 Å². The summed E-state index contributed by atoms with van der Waals surface area (Å²) in [6, 6.07) is 5.10. The normalized spacial score (nSPS) is 11.9. The molecule has 0 saturated heterocycles. The molecule has 0 amide bonds. The molecule has 1 aromatic carbocycles. The lowest BCUT2D eigenvalue weighted by molar-refractivity contribution is 0.0698. The van der Waals surface area contributed by atoms with Crippen molar-refractivity contribution < 1.29 is 9.90 Å². The fraction of sp³-hybridized carbons (Fsp3) is 0.500. The van der Waals surface area contributed by atoms with E-state index in [4.69, 9.17) is 0 Å². The van der Waals surface area contributed by atoms with Crippen LogP contribution in [0.5, 0.6) is 0 Å². The molecule has 6 heteroatoms. The third kappa shape index (κ3) is 2.52. The van der Waals surface area contributed by atoms with Crippen LogP contribution in [0.15, 0.2) is 18.2 Å². The Hall–Kier alpha value is -1.56. The van der Waals surface area contributed by atoms with E-state index in [0.29, 0.717) is 17.6 Å². The molecule has 5 nitrogen and oxygen atoms in total. The van der Waals surface area contributed by atoms with Crippen LogP contribution < -0.4 is 0 Å². The van der Waals surface area contributed by atoms with Crippen molar-refractivity contribution in [3.05, 3.63) is 23.8 Å². The zero-order valence-corrected chi connectivity index (χ0v) is 12.8. The van der Waals surface area contributed by atoms with Gasteiger partial charge in [-0.15, -0.1) is 5.10 Å². The molecule has 0 fully saturated rings. The van der Waals surface area contributed by atoms with E-state index in [0.717, 1.165) is 12.8 Å². The van der Waals surface area contributed by atoms with Crippen LogP contribution in [0.1, 0.15) is 37.0 Å². The number of carbonyl (C=O) groups is 1. The number of carboxylic acids is 1. The van der Waals surface area contributed by atoms with Gasteiger partial charge in [0.2, 0.25) is 0 Å². The quantitative estimate of drug-likeness (QED) is 0.886. The number of hydrogen-bond acceptors (Lipinski definition) is 4. The second-order valence-electron chi connectivity index (χ2n) is 4.82. The largest absolute Gasteiger partial charge is 0.478 e. The Balaban J connectivity index is 2.53. The predicted molar refractivity (Wildman–Crippen MR) is 81.3 cm³/mol. The molecule has 0 aliphatic carbocycles. The van der Waals surface area contributed by atoms with Crippen molar-refractivity contribution >= 4 is 28.8 Å². The third-order valence-electron chi connectivity index (χ3n) is 3.92. The van der Waals surface area contributed by atoms with Crippen molar-refractivity contribution in [3.63, 3.8) is 0 Å². The molecule has 2 aromatic rings. The first-order valence-electron chi connectivity index (χ1n) is 6.67. The highest BCUT2D eigenvalue weighted by Crippen LogP contribution is 2.33. The van der Waals surface area contributed by atoms with Crippen LogP contribution in [0.2, 0.25) is 0 Å². The maximum atomic E-state index is 11.4. The Bertz CT molecular complexity index is 612. The summed E-state index contributed by atoms with van der Waals surface area (Å²) in [7, 11) is 0. The van der Waals surface area contributed by atoms with Gasteiger partial charge >= 0.3 is 5.97 Å². The molecule has 2 rings (SSSR count). The van der Waals surface area contributed by atoms with Crippen molar-refractivity contribution in [2.45, 2.75) is 38.0 Å². The Morgan fingerprint density at radius 3 is 2.65 bits per heavy atom. The summed E-state index contributed by atoms with van der Waals surface area (Å²) in [5, 5.41) is 17.6.